The SMILES string of the molecule is CCCC(C)N(C)C(=O)OCN1C(=O)CCc2ccc(OCCCCN3CCN(c4cccc5sccc45)CC3)cc21. The molecule has 0 radical (unpaired) electrons. The lowest BCUT2D eigenvalue weighted by Crippen LogP contribution is -2.46. The Bertz CT molecular complexity index is 1350. The van der Waals surface area contributed by atoms with Gasteiger partial charge in [-0.05, 0) is 74.4 Å². The van der Waals surface area contributed by atoms with E-state index in [1.165, 1.54) is 15.8 Å². The van der Waals surface area contributed by atoms with Crippen molar-refractivity contribution < 1.29 is 19.1 Å². The number of piperazine rings is 1. The first kappa shape index (κ1) is 30.2. The summed E-state index contributed by atoms with van der Waals surface area (Å²) >= 11 is 1.81. The van der Waals surface area contributed by atoms with Gasteiger partial charge in [0.1, 0.15) is 5.75 Å². The van der Waals surface area contributed by atoms with Crippen LogP contribution in [0.25, 0.3) is 10.1 Å². The van der Waals surface area contributed by atoms with E-state index in [1.54, 1.807) is 16.8 Å². The molecule has 0 spiro atoms. The average molecular weight is 593 g/mol. The lowest BCUT2D eigenvalue weighted by molar-refractivity contribution is -0.119. The molecule has 1 fully saturated rings. The summed E-state index contributed by atoms with van der Waals surface area (Å²) in [5, 5.41) is 3.55. The van der Waals surface area contributed by atoms with Gasteiger partial charge in [-0.15, -0.1) is 11.3 Å². The summed E-state index contributed by atoms with van der Waals surface area (Å²) in [5.41, 5.74) is 3.20. The minimum Gasteiger partial charge on any atom is -0.494 e. The second kappa shape index (κ2) is 14.2. The number of ether oxygens (including phenoxy) is 2. The van der Waals surface area contributed by atoms with E-state index in [0.29, 0.717) is 19.4 Å². The number of benzene rings is 2. The first-order valence-corrected chi connectivity index (χ1v) is 16.2. The topological polar surface area (TPSA) is 65.6 Å². The van der Waals surface area contributed by atoms with Gasteiger partial charge in [0.05, 0.1) is 12.3 Å². The lowest BCUT2D eigenvalue weighted by Gasteiger charge is -2.36. The standard InChI is InChI=1S/C33H44N4O4S/c1-4-8-25(2)34(3)33(39)41-24-37-30-23-27(13-11-26(30)12-14-32(37)38)40-21-6-5-16-35-17-19-36(20-18-35)29-9-7-10-31-28(29)15-22-42-31/h7,9-11,13,15,22-23,25H,4-6,8,12,14,16-21,24H2,1-3H3. The Labute approximate surface area is 253 Å². The van der Waals surface area contributed by atoms with E-state index < -0.39 is 6.09 Å². The van der Waals surface area contributed by atoms with Crippen LogP contribution < -0.4 is 14.5 Å². The van der Waals surface area contributed by atoms with Crippen LogP contribution in [0.1, 0.15) is 51.5 Å². The van der Waals surface area contributed by atoms with Crippen LogP contribution in [0.3, 0.4) is 0 Å². The van der Waals surface area contributed by atoms with Gasteiger partial charge in [-0.2, -0.15) is 0 Å². The number of nitrogens with zero attached hydrogens (tertiary/aromatic N) is 4. The number of carbonyl (C=O) groups excluding carboxylic acids is 2. The molecule has 9 heteroatoms. The van der Waals surface area contributed by atoms with Gasteiger partial charge < -0.3 is 19.3 Å². The predicted octanol–water partition coefficient (Wildman–Crippen LogP) is 6.38. The van der Waals surface area contributed by atoms with Crippen molar-refractivity contribution >= 4 is 44.8 Å². The van der Waals surface area contributed by atoms with Crippen LogP contribution in [-0.2, 0) is 16.0 Å². The molecule has 2 aliphatic heterocycles. The quantitative estimate of drug-likeness (QED) is 0.228. The summed E-state index contributed by atoms with van der Waals surface area (Å²) in [5.74, 6) is 0.702. The van der Waals surface area contributed by atoms with E-state index >= 15 is 0 Å². The van der Waals surface area contributed by atoms with Gasteiger partial charge in [-0.25, -0.2) is 4.79 Å². The van der Waals surface area contributed by atoms with E-state index in [9.17, 15) is 9.59 Å². The van der Waals surface area contributed by atoms with Crippen LogP contribution in [0.5, 0.6) is 5.75 Å². The van der Waals surface area contributed by atoms with Gasteiger partial charge in [0.25, 0.3) is 0 Å². The molecule has 1 saturated heterocycles. The normalized spacial score (nSPS) is 16.4. The maximum atomic E-state index is 12.8. The van der Waals surface area contributed by atoms with Crippen molar-refractivity contribution in [2.75, 3.05) is 62.9 Å². The van der Waals surface area contributed by atoms with Crippen molar-refractivity contribution in [1.29, 1.82) is 0 Å². The van der Waals surface area contributed by atoms with E-state index in [4.69, 9.17) is 9.47 Å². The average Bonchev–Trinajstić information content (AvgIpc) is 3.50. The fraction of sp³-hybridized carbons (Fsp3) is 0.515. The first-order valence-electron chi connectivity index (χ1n) is 15.3. The number of fused-ring (bicyclic) bond motifs is 2. The summed E-state index contributed by atoms with van der Waals surface area (Å²) in [7, 11) is 1.74. The fourth-order valence-corrected chi connectivity index (χ4v) is 6.66. The van der Waals surface area contributed by atoms with Crippen LogP contribution in [0.2, 0.25) is 0 Å². The van der Waals surface area contributed by atoms with Crippen LogP contribution in [0.15, 0.2) is 47.8 Å². The molecule has 42 heavy (non-hydrogen) atoms. The first-order chi connectivity index (χ1) is 20.4. The van der Waals surface area contributed by atoms with Gasteiger partial charge in [-0.1, -0.05) is 25.5 Å². The highest BCUT2D eigenvalue weighted by Gasteiger charge is 2.27. The monoisotopic (exact) mass is 592 g/mol. The Kier molecular flexibility index (Phi) is 10.2. The number of rotatable bonds is 12. The van der Waals surface area contributed by atoms with Crippen LogP contribution in [-0.4, -0.2) is 81.0 Å². The van der Waals surface area contributed by atoms with Gasteiger partial charge in [0, 0.05) is 67.5 Å². The minimum absolute atomic E-state index is 0.0381. The van der Waals surface area contributed by atoms with Crippen molar-refractivity contribution in [2.45, 2.75) is 58.4 Å². The maximum Gasteiger partial charge on any atom is 0.411 e. The van der Waals surface area contributed by atoms with Crippen LogP contribution in [0.4, 0.5) is 16.2 Å². The number of carbonyl (C=O) groups is 2. The molecule has 2 aliphatic rings. The van der Waals surface area contributed by atoms with Gasteiger partial charge >= 0.3 is 6.09 Å². The molecule has 2 aromatic carbocycles. The number of anilines is 2. The van der Waals surface area contributed by atoms with Crippen molar-refractivity contribution in [3.05, 3.63) is 53.4 Å². The Morgan fingerprint density at radius 3 is 2.69 bits per heavy atom. The molecule has 2 amide bonds. The molecule has 0 aliphatic carbocycles. The number of amides is 2. The summed E-state index contributed by atoms with van der Waals surface area (Å²) in [6.45, 7) is 9.97. The summed E-state index contributed by atoms with van der Waals surface area (Å²) in [4.78, 5) is 33.6. The van der Waals surface area contributed by atoms with Crippen molar-refractivity contribution in [3.8, 4) is 5.75 Å². The molecule has 3 heterocycles. The third kappa shape index (κ3) is 7.18. The zero-order chi connectivity index (χ0) is 29.5. The zero-order valence-corrected chi connectivity index (χ0v) is 26.0. The molecular weight excluding hydrogens is 548 g/mol. The lowest BCUT2D eigenvalue weighted by atomic mass is 10.0. The van der Waals surface area contributed by atoms with Crippen LogP contribution >= 0.6 is 11.3 Å². The zero-order valence-electron chi connectivity index (χ0n) is 25.2. The predicted molar refractivity (Wildman–Crippen MR) is 171 cm³/mol. The van der Waals surface area contributed by atoms with E-state index in [0.717, 1.165) is 75.4 Å². The van der Waals surface area contributed by atoms with Gasteiger partial charge in [-0.3, -0.25) is 14.6 Å². The molecule has 0 N–H and O–H groups in total. The second-order valence-corrected chi connectivity index (χ2v) is 12.3. The number of aryl methyl sites for hydroxylation is 1. The Morgan fingerprint density at radius 2 is 1.88 bits per heavy atom. The molecular formula is C33H44N4O4S. The smallest absolute Gasteiger partial charge is 0.411 e. The highest BCUT2D eigenvalue weighted by atomic mass is 32.1. The molecule has 1 atom stereocenters. The fourth-order valence-electron chi connectivity index (χ4n) is 5.86. The molecule has 3 aromatic rings. The maximum absolute atomic E-state index is 12.8. The van der Waals surface area contributed by atoms with Crippen molar-refractivity contribution in [3.63, 3.8) is 0 Å². The van der Waals surface area contributed by atoms with Gasteiger partial charge in [0.2, 0.25) is 5.91 Å². The molecule has 8 nitrogen and oxygen atoms in total. The van der Waals surface area contributed by atoms with E-state index in [1.807, 2.05) is 36.5 Å². The number of hydrogen-bond acceptors (Lipinski definition) is 7. The third-order valence-electron chi connectivity index (χ3n) is 8.55. The summed E-state index contributed by atoms with van der Waals surface area (Å²) in [6.07, 6.45) is 4.62. The molecule has 1 aromatic heterocycles. The largest absolute Gasteiger partial charge is 0.494 e. The van der Waals surface area contributed by atoms with Crippen LogP contribution in [0, 0.1) is 0 Å². The Morgan fingerprint density at radius 1 is 1.05 bits per heavy atom. The molecule has 1 unspecified atom stereocenters. The minimum atomic E-state index is -0.412. The van der Waals surface area contributed by atoms with E-state index in [-0.39, 0.29) is 18.7 Å². The van der Waals surface area contributed by atoms with E-state index in [2.05, 4.69) is 46.4 Å². The van der Waals surface area contributed by atoms with Crippen molar-refractivity contribution in [1.82, 2.24) is 9.80 Å². The Hall–Kier alpha value is -3.30. The van der Waals surface area contributed by atoms with Crippen molar-refractivity contribution in [2.24, 2.45) is 0 Å². The second-order valence-electron chi connectivity index (χ2n) is 11.4. The van der Waals surface area contributed by atoms with Gasteiger partial charge in [0.15, 0.2) is 6.73 Å². The molecule has 5 rings (SSSR count). The number of thiophene rings is 1. The third-order valence-corrected chi connectivity index (χ3v) is 9.43. The Balaban J connectivity index is 1.06. The summed E-state index contributed by atoms with van der Waals surface area (Å²) < 4.78 is 13.0. The molecule has 226 valence electrons. The molecule has 0 saturated carbocycles. The highest BCUT2D eigenvalue weighted by molar-refractivity contribution is 7.17. The molecule has 0 bridgehead atoms. The number of hydrogen-bond donors (Lipinski definition) is 0. The number of unbranched alkanes of at least 4 members (excludes halogenated alkanes) is 1. The summed E-state index contributed by atoms with van der Waals surface area (Å²) in [6, 6.07) is 14.9. The highest BCUT2D eigenvalue weighted by Crippen LogP contribution is 2.33.